The van der Waals surface area contributed by atoms with E-state index >= 15 is 0 Å². The summed E-state index contributed by atoms with van der Waals surface area (Å²) in [6.07, 6.45) is 3.73. The molecule has 1 aromatic carbocycles. The molecule has 1 aliphatic heterocycles. The van der Waals surface area contributed by atoms with Crippen LogP contribution < -0.4 is 10.6 Å². The van der Waals surface area contributed by atoms with Gasteiger partial charge in [0, 0.05) is 37.7 Å². The fourth-order valence-electron chi connectivity index (χ4n) is 2.99. The number of aromatic nitrogens is 1. The molecule has 1 saturated heterocycles. The number of ether oxygens (including phenoxy) is 1. The number of rotatable bonds is 5. The molecule has 5 nitrogen and oxygen atoms in total. The molecular formula is C19H24N4OS. The molecule has 1 fully saturated rings. The van der Waals surface area contributed by atoms with Crippen LogP contribution in [0.1, 0.15) is 17.2 Å². The van der Waals surface area contributed by atoms with Gasteiger partial charge in [0.25, 0.3) is 0 Å². The molecule has 2 N–H and O–H groups in total. The van der Waals surface area contributed by atoms with E-state index < -0.39 is 0 Å². The summed E-state index contributed by atoms with van der Waals surface area (Å²) >= 11 is 5.48. The number of para-hydroxylation sites is 1. The maximum Gasteiger partial charge on any atom is 0.170 e. The summed E-state index contributed by atoms with van der Waals surface area (Å²) in [6, 6.07) is 12.4. The fraction of sp³-hybridized carbons (Fsp3) is 0.368. The van der Waals surface area contributed by atoms with E-state index in [1.165, 1.54) is 11.1 Å². The van der Waals surface area contributed by atoms with Crippen molar-refractivity contribution in [1.82, 2.24) is 15.2 Å². The molecule has 0 unspecified atom stereocenters. The molecule has 1 aromatic heterocycles. The SMILES string of the molecule is Cc1ccccc1NC(=S)NC[C@@H](c1cccnc1)N1CCOCC1. The van der Waals surface area contributed by atoms with Crippen molar-refractivity contribution < 1.29 is 4.74 Å². The van der Waals surface area contributed by atoms with E-state index in [0.29, 0.717) is 5.11 Å². The molecule has 0 spiro atoms. The Morgan fingerprint density at radius 3 is 2.76 bits per heavy atom. The second-order valence-corrected chi connectivity index (χ2v) is 6.51. The molecule has 0 saturated carbocycles. The van der Waals surface area contributed by atoms with Gasteiger partial charge in [-0.1, -0.05) is 24.3 Å². The maximum atomic E-state index is 5.49. The predicted molar refractivity (Wildman–Crippen MR) is 105 cm³/mol. The van der Waals surface area contributed by atoms with Crippen LogP contribution in [0, 0.1) is 6.92 Å². The first-order valence-electron chi connectivity index (χ1n) is 8.56. The minimum Gasteiger partial charge on any atom is -0.379 e. The van der Waals surface area contributed by atoms with E-state index in [4.69, 9.17) is 17.0 Å². The van der Waals surface area contributed by atoms with Gasteiger partial charge >= 0.3 is 0 Å². The molecule has 0 aliphatic carbocycles. The Balaban J connectivity index is 1.64. The number of anilines is 1. The first-order chi connectivity index (χ1) is 12.2. The lowest BCUT2D eigenvalue weighted by atomic mass is 10.1. The number of nitrogens with one attached hydrogen (secondary N) is 2. The molecule has 2 heterocycles. The molecular weight excluding hydrogens is 332 g/mol. The van der Waals surface area contributed by atoms with Crippen LogP contribution in [0.2, 0.25) is 0 Å². The lowest BCUT2D eigenvalue weighted by molar-refractivity contribution is 0.0170. The highest BCUT2D eigenvalue weighted by molar-refractivity contribution is 7.80. The van der Waals surface area contributed by atoms with Crippen molar-refractivity contribution in [3.05, 3.63) is 59.9 Å². The van der Waals surface area contributed by atoms with E-state index in [0.717, 1.165) is 38.5 Å². The number of morpholine rings is 1. The Morgan fingerprint density at radius 1 is 1.24 bits per heavy atom. The molecule has 25 heavy (non-hydrogen) atoms. The minimum absolute atomic E-state index is 0.217. The number of pyridine rings is 1. The molecule has 1 aliphatic rings. The lowest BCUT2D eigenvalue weighted by Gasteiger charge is -2.35. The van der Waals surface area contributed by atoms with Crippen LogP contribution in [0.4, 0.5) is 5.69 Å². The smallest absolute Gasteiger partial charge is 0.170 e. The summed E-state index contributed by atoms with van der Waals surface area (Å²) in [7, 11) is 0. The van der Waals surface area contributed by atoms with E-state index in [1.54, 1.807) is 6.20 Å². The summed E-state index contributed by atoms with van der Waals surface area (Å²) in [5, 5.41) is 7.28. The van der Waals surface area contributed by atoms with Crippen LogP contribution in [0.3, 0.4) is 0 Å². The average molecular weight is 356 g/mol. The maximum absolute atomic E-state index is 5.49. The van der Waals surface area contributed by atoms with Gasteiger partial charge in [0.2, 0.25) is 0 Å². The summed E-state index contributed by atoms with van der Waals surface area (Å²) in [6.45, 7) is 6.16. The van der Waals surface area contributed by atoms with Crippen molar-refractivity contribution in [2.75, 3.05) is 38.2 Å². The van der Waals surface area contributed by atoms with Gasteiger partial charge in [-0.3, -0.25) is 9.88 Å². The number of nitrogens with zero attached hydrogens (tertiary/aromatic N) is 2. The Bertz CT molecular complexity index is 689. The monoisotopic (exact) mass is 356 g/mol. The quantitative estimate of drug-likeness (QED) is 0.804. The Labute approximate surface area is 154 Å². The molecule has 0 bridgehead atoms. The largest absolute Gasteiger partial charge is 0.379 e. The Hall–Kier alpha value is -2.02. The van der Waals surface area contributed by atoms with Gasteiger partial charge in [0.1, 0.15) is 0 Å². The van der Waals surface area contributed by atoms with Crippen molar-refractivity contribution in [3.8, 4) is 0 Å². The lowest BCUT2D eigenvalue weighted by Crippen LogP contribution is -2.44. The van der Waals surface area contributed by atoms with Crippen LogP contribution in [0.25, 0.3) is 0 Å². The van der Waals surface area contributed by atoms with Crippen LogP contribution in [-0.2, 0) is 4.74 Å². The van der Waals surface area contributed by atoms with E-state index in [9.17, 15) is 0 Å². The van der Waals surface area contributed by atoms with Crippen molar-refractivity contribution in [3.63, 3.8) is 0 Å². The third kappa shape index (κ3) is 4.98. The Morgan fingerprint density at radius 2 is 2.04 bits per heavy atom. The number of hydrogen-bond acceptors (Lipinski definition) is 4. The third-order valence-corrected chi connectivity index (χ3v) is 4.65. The van der Waals surface area contributed by atoms with E-state index in [-0.39, 0.29) is 6.04 Å². The van der Waals surface area contributed by atoms with E-state index in [2.05, 4.69) is 39.6 Å². The van der Waals surface area contributed by atoms with Crippen LogP contribution in [0.5, 0.6) is 0 Å². The first kappa shape index (κ1) is 17.8. The number of benzene rings is 1. The van der Waals surface area contributed by atoms with E-state index in [1.807, 2.05) is 30.5 Å². The number of hydrogen-bond donors (Lipinski definition) is 2. The van der Waals surface area contributed by atoms with Gasteiger partial charge in [-0.2, -0.15) is 0 Å². The van der Waals surface area contributed by atoms with Crippen LogP contribution in [0.15, 0.2) is 48.8 Å². The standard InChI is InChI=1S/C19H24N4OS/c1-15-5-2-3-7-17(15)22-19(25)21-14-18(16-6-4-8-20-13-16)23-9-11-24-12-10-23/h2-8,13,18H,9-12,14H2,1H3,(H2,21,22,25)/t18-/m0/s1. The minimum atomic E-state index is 0.217. The Kier molecular flexibility index (Phi) is 6.33. The average Bonchev–Trinajstić information content (AvgIpc) is 2.66. The van der Waals surface area contributed by atoms with Crippen molar-refractivity contribution in [1.29, 1.82) is 0 Å². The molecule has 3 rings (SSSR count). The van der Waals surface area contributed by atoms with Gasteiger partial charge in [0.15, 0.2) is 5.11 Å². The topological polar surface area (TPSA) is 49.4 Å². The third-order valence-electron chi connectivity index (χ3n) is 4.40. The van der Waals surface area contributed by atoms with Gasteiger partial charge in [-0.25, -0.2) is 0 Å². The van der Waals surface area contributed by atoms with Gasteiger partial charge in [-0.05, 0) is 42.4 Å². The molecule has 1 atom stereocenters. The normalized spacial score (nSPS) is 16.2. The zero-order valence-corrected chi connectivity index (χ0v) is 15.3. The molecule has 2 aromatic rings. The summed E-state index contributed by atoms with van der Waals surface area (Å²) in [5.41, 5.74) is 3.39. The molecule has 0 amide bonds. The highest BCUT2D eigenvalue weighted by Crippen LogP contribution is 2.20. The van der Waals surface area contributed by atoms with Crippen LogP contribution >= 0.6 is 12.2 Å². The highest BCUT2D eigenvalue weighted by atomic mass is 32.1. The molecule has 132 valence electrons. The second-order valence-electron chi connectivity index (χ2n) is 6.10. The van der Waals surface area contributed by atoms with Gasteiger partial charge in [0.05, 0.1) is 19.3 Å². The predicted octanol–water partition coefficient (Wildman–Crippen LogP) is 2.75. The highest BCUT2D eigenvalue weighted by Gasteiger charge is 2.22. The number of thiocarbonyl (C=S) groups is 1. The van der Waals surface area contributed by atoms with Gasteiger partial charge in [-0.15, -0.1) is 0 Å². The van der Waals surface area contributed by atoms with Crippen molar-refractivity contribution >= 4 is 23.0 Å². The number of aryl methyl sites for hydroxylation is 1. The van der Waals surface area contributed by atoms with Gasteiger partial charge < -0.3 is 15.4 Å². The first-order valence-corrected chi connectivity index (χ1v) is 8.97. The van der Waals surface area contributed by atoms with Crippen LogP contribution in [-0.4, -0.2) is 47.8 Å². The van der Waals surface area contributed by atoms with Crippen molar-refractivity contribution in [2.45, 2.75) is 13.0 Å². The summed E-state index contributed by atoms with van der Waals surface area (Å²) < 4.78 is 5.49. The summed E-state index contributed by atoms with van der Waals surface area (Å²) in [4.78, 5) is 6.69. The fourth-order valence-corrected chi connectivity index (χ4v) is 3.18. The second kappa shape index (κ2) is 8.89. The zero-order chi connectivity index (χ0) is 17.5. The summed E-state index contributed by atoms with van der Waals surface area (Å²) in [5.74, 6) is 0. The van der Waals surface area contributed by atoms with Crippen molar-refractivity contribution in [2.24, 2.45) is 0 Å². The molecule has 6 heteroatoms. The zero-order valence-electron chi connectivity index (χ0n) is 14.4. The molecule has 0 radical (unpaired) electrons.